The van der Waals surface area contributed by atoms with Crippen LogP contribution in [0.4, 0.5) is 11.4 Å². The van der Waals surface area contributed by atoms with E-state index in [0.717, 1.165) is 0 Å². The van der Waals surface area contributed by atoms with Gasteiger partial charge in [0.2, 0.25) is 0 Å². The van der Waals surface area contributed by atoms with E-state index in [-0.39, 0.29) is 11.4 Å². The maximum Gasteiger partial charge on any atom is 0.383 e. The summed E-state index contributed by atoms with van der Waals surface area (Å²) in [6, 6.07) is 64.5. The normalized spacial score (nSPS) is 21.9. The second-order valence-electron chi connectivity index (χ2n) is 16.6. The molecule has 0 bridgehead atoms. The molecule has 0 N–H and O–H groups in total. The molecule has 4 heterocycles. The molecule has 4 unspecified atom stereocenters. The van der Waals surface area contributed by atoms with Gasteiger partial charge in [0.1, 0.15) is 23.0 Å². The van der Waals surface area contributed by atoms with Gasteiger partial charge in [-0.15, -0.1) is 0 Å². The van der Waals surface area contributed by atoms with Crippen molar-refractivity contribution in [3.63, 3.8) is 0 Å². The number of rotatable bonds is 6. The summed E-state index contributed by atoms with van der Waals surface area (Å²) in [5.41, 5.74) is 5.54. The Morgan fingerprint density at radius 2 is 0.471 bits per heavy atom. The molecule has 13 rings (SSSR count). The summed E-state index contributed by atoms with van der Waals surface area (Å²) in [5.74, 6) is 1.28. The van der Waals surface area contributed by atoms with Crippen LogP contribution < -0.4 is 48.2 Å². The minimum atomic E-state index is -4.59. The van der Waals surface area contributed by atoms with Gasteiger partial charge < -0.3 is 18.1 Å². The predicted octanol–water partition coefficient (Wildman–Crippen LogP) is 13.6. The van der Waals surface area contributed by atoms with Gasteiger partial charge in [-0.2, -0.15) is 0 Å². The molecule has 0 radical (unpaired) electrons. The molecule has 4 aliphatic heterocycles. The fraction of sp³-hybridized carbons (Fsp3) is 0. The summed E-state index contributed by atoms with van der Waals surface area (Å²) in [6.07, 6.45) is 0. The molecule has 0 aromatic heterocycles. The first-order valence-electron chi connectivity index (χ1n) is 21.9. The van der Waals surface area contributed by atoms with Crippen molar-refractivity contribution in [1.82, 2.24) is 0 Å². The summed E-state index contributed by atoms with van der Waals surface area (Å²) in [7, 11) is -18.3. The molecule has 9 aromatic rings. The van der Waals surface area contributed by atoms with Crippen LogP contribution in [0.2, 0.25) is 0 Å². The Morgan fingerprint density at radius 3 is 0.735 bits per heavy atom. The Bertz CT molecular complexity index is 3340. The monoisotopic (exact) mass is 964 g/mol. The van der Waals surface area contributed by atoms with Crippen LogP contribution in [0.1, 0.15) is 0 Å². The number of anilines is 2. The lowest BCUT2D eigenvalue weighted by Crippen LogP contribution is -2.37. The number of benzene rings is 9. The van der Waals surface area contributed by atoms with Gasteiger partial charge in [0, 0.05) is 44.5 Å². The van der Waals surface area contributed by atoms with E-state index in [2.05, 4.69) is 0 Å². The van der Waals surface area contributed by atoms with Gasteiger partial charge in [-0.05, 0) is 66.7 Å². The Hall–Kier alpha value is -7.30. The zero-order valence-electron chi connectivity index (χ0n) is 35.7. The summed E-state index contributed by atoms with van der Waals surface area (Å²) in [5, 5.41) is 1.16. The SMILES string of the molecule is O=P1(N(c2cccc(N(P3(=O)Oc4ccccc4-c4ccccc43)P3(=O)Oc4ccccc4-c4ccccc43)c2)P2(=O)Oc3ccccc3-c3ccccc32)Oc2ccccc2-c2ccccc21. The van der Waals surface area contributed by atoms with Gasteiger partial charge >= 0.3 is 30.1 Å². The van der Waals surface area contributed by atoms with Gasteiger partial charge in [0.05, 0.1) is 32.6 Å². The van der Waals surface area contributed by atoms with Crippen molar-refractivity contribution in [2.75, 3.05) is 8.88 Å². The quantitative estimate of drug-likeness (QED) is 0.149. The topological polar surface area (TPSA) is 112 Å². The average Bonchev–Trinajstić information content (AvgIpc) is 3.37. The number of para-hydroxylation sites is 4. The molecule has 0 fully saturated rings. The van der Waals surface area contributed by atoms with Crippen molar-refractivity contribution >= 4 is 62.7 Å². The van der Waals surface area contributed by atoms with Gasteiger partial charge in [0.15, 0.2) is 0 Å². The molecule has 0 aliphatic carbocycles. The molecule has 9 aromatic carbocycles. The van der Waals surface area contributed by atoms with Crippen molar-refractivity contribution in [3.8, 4) is 67.5 Å². The van der Waals surface area contributed by atoms with E-state index in [4.69, 9.17) is 18.1 Å². The minimum Gasteiger partial charge on any atom is -0.425 e. The first-order valence-corrected chi connectivity index (χ1v) is 28.2. The first-order chi connectivity index (χ1) is 33.2. The highest BCUT2D eigenvalue weighted by Gasteiger charge is 2.57. The van der Waals surface area contributed by atoms with E-state index in [1.165, 1.54) is 8.88 Å². The van der Waals surface area contributed by atoms with Crippen molar-refractivity contribution in [3.05, 3.63) is 218 Å². The second-order valence-corrected chi connectivity index (χ2v) is 25.7. The van der Waals surface area contributed by atoms with Crippen LogP contribution in [0, 0.1) is 0 Å². The number of nitrogens with zero attached hydrogens (tertiary/aromatic N) is 2. The number of fused-ring (bicyclic) bond motifs is 12. The molecule has 68 heavy (non-hydrogen) atoms. The van der Waals surface area contributed by atoms with Crippen LogP contribution in [0.3, 0.4) is 0 Å². The Kier molecular flexibility index (Phi) is 9.09. The van der Waals surface area contributed by atoms with Crippen LogP contribution in [-0.2, 0) is 18.3 Å². The van der Waals surface area contributed by atoms with Gasteiger partial charge in [-0.3, -0.25) is 0 Å². The highest BCUT2D eigenvalue weighted by molar-refractivity contribution is 7.87. The average molecular weight is 965 g/mol. The molecule has 330 valence electrons. The van der Waals surface area contributed by atoms with Crippen molar-refractivity contribution in [2.45, 2.75) is 0 Å². The highest BCUT2D eigenvalue weighted by atomic mass is 31.2. The Morgan fingerprint density at radius 1 is 0.250 bits per heavy atom. The van der Waals surface area contributed by atoms with Crippen LogP contribution in [0.5, 0.6) is 23.0 Å². The van der Waals surface area contributed by atoms with Crippen molar-refractivity contribution in [2.24, 2.45) is 0 Å². The fourth-order valence-electron chi connectivity index (χ4n) is 9.82. The van der Waals surface area contributed by atoms with Crippen LogP contribution in [-0.4, -0.2) is 0 Å². The van der Waals surface area contributed by atoms with Gasteiger partial charge in [-0.1, -0.05) is 152 Å². The maximum absolute atomic E-state index is 16.8. The van der Waals surface area contributed by atoms with E-state index in [1.807, 2.05) is 97.1 Å². The fourth-order valence-corrected chi connectivity index (χ4v) is 21.9. The van der Waals surface area contributed by atoms with E-state index >= 15 is 18.3 Å². The lowest BCUT2D eigenvalue weighted by Gasteiger charge is -2.43. The zero-order chi connectivity index (χ0) is 45.8. The maximum atomic E-state index is 16.8. The molecule has 0 saturated carbocycles. The molecule has 4 atom stereocenters. The van der Waals surface area contributed by atoms with E-state index in [1.54, 1.807) is 121 Å². The molecular weight excluding hydrogens is 928 g/mol. The lowest BCUT2D eigenvalue weighted by molar-refractivity contribution is 0.473. The number of hydrogen-bond acceptors (Lipinski definition) is 8. The van der Waals surface area contributed by atoms with Crippen molar-refractivity contribution < 1.29 is 36.4 Å². The third-order valence-corrected chi connectivity index (χ3v) is 24.2. The Labute approximate surface area is 392 Å². The van der Waals surface area contributed by atoms with E-state index in [9.17, 15) is 0 Å². The molecule has 0 saturated heterocycles. The largest absolute Gasteiger partial charge is 0.425 e. The molecule has 10 nitrogen and oxygen atoms in total. The number of hydrogen-bond donors (Lipinski definition) is 0. The van der Waals surface area contributed by atoms with Crippen molar-refractivity contribution in [1.29, 1.82) is 0 Å². The third-order valence-electron chi connectivity index (χ3n) is 12.7. The summed E-state index contributed by atoms with van der Waals surface area (Å²) in [4.78, 5) is 0. The summed E-state index contributed by atoms with van der Waals surface area (Å²) in [6.45, 7) is 0. The highest BCUT2D eigenvalue weighted by Crippen LogP contribution is 2.74. The summed E-state index contributed by atoms with van der Waals surface area (Å²) >= 11 is 0. The minimum absolute atomic E-state index is 0.0946. The van der Waals surface area contributed by atoms with Crippen LogP contribution >= 0.6 is 30.1 Å². The second kappa shape index (κ2) is 15.1. The molecule has 0 amide bonds. The molecule has 4 aliphatic rings. The molecular formula is C54H36N2O8P4. The van der Waals surface area contributed by atoms with Crippen LogP contribution in [0.15, 0.2) is 218 Å². The zero-order valence-corrected chi connectivity index (χ0v) is 39.3. The van der Waals surface area contributed by atoms with Crippen LogP contribution in [0.25, 0.3) is 44.5 Å². The third kappa shape index (κ3) is 5.85. The molecule has 0 spiro atoms. The predicted molar refractivity (Wildman–Crippen MR) is 270 cm³/mol. The standard InChI is InChI=1S/C54H36N2O8P4/c57-65(51-32-13-5-24-43(51)39-20-1-9-28-47(39)61-65)55(66(58)52-33-14-6-25-44(52)40-21-2-10-29-48(40)62-66)37-18-17-19-38(36-37)56(67(59)53-34-15-7-26-45(53)41-22-3-11-30-49(41)63-67)68(60)54-35-16-8-27-46(54)42-23-4-12-31-50(42)64-68/h1-36H. The Balaban J connectivity index is 1.10. The summed E-state index contributed by atoms with van der Waals surface area (Å²) < 4.78 is 97.1. The lowest BCUT2D eigenvalue weighted by atomic mass is 10.0. The van der Waals surface area contributed by atoms with Gasteiger partial charge in [-0.25, -0.2) is 27.1 Å². The van der Waals surface area contributed by atoms with Gasteiger partial charge in [0.25, 0.3) is 0 Å². The molecule has 14 heteroatoms. The van der Waals surface area contributed by atoms with E-state index in [0.29, 0.717) is 88.7 Å². The first kappa shape index (κ1) is 40.9. The van der Waals surface area contributed by atoms with E-state index < -0.39 is 30.1 Å². The smallest absolute Gasteiger partial charge is 0.383 e.